The summed E-state index contributed by atoms with van der Waals surface area (Å²) < 4.78 is 39.0. The maximum atomic E-state index is 12.9. The van der Waals surface area contributed by atoms with Gasteiger partial charge in [0.25, 0.3) is 10.0 Å². The third-order valence-corrected chi connectivity index (χ3v) is 13.4. The Labute approximate surface area is 258 Å². The normalized spacial score (nSPS) is 39.3. The molecule has 0 bridgehead atoms. The third-order valence-electron chi connectivity index (χ3n) is 12.0. The summed E-state index contributed by atoms with van der Waals surface area (Å²) in [6.07, 6.45) is 7.01. The monoisotopic (exact) mass is 619 g/mol. The third kappa shape index (κ3) is 6.19. The summed E-state index contributed by atoms with van der Waals surface area (Å²) in [5, 5.41) is 22.4. The second-order valence-corrected chi connectivity index (χ2v) is 17.1. The van der Waals surface area contributed by atoms with Crippen molar-refractivity contribution >= 4 is 16.1 Å². The predicted molar refractivity (Wildman–Crippen MR) is 165 cm³/mol. The molecule has 0 aromatic heterocycles. The number of fused-ring (bicyclic) bond motifs is 5. The number of carbonyl (C=O) groups is 1. The van der Waals surface area contributed by atoms with Crippen molar-refractivity contribution in [3.8, 4) is 5.75 Å². The summed E-state index contributed by atoms with van der Waals surface area (Å²) in [5.41, 5.74) is -0.276. The molecule has 5 rings (SSSR count). The van der Waals surface area contributed by atoms with Crippen LogP contribution < -0.4 is 9.46 Å². The van der Waals surface area contributed by atoms with Gasteiger partial charge in [-0.3, -0.25) is 0 Å². The summed E-state index contributed by atoms with van der Waals surface area (Å²) in [5.74, 6) is 2.49. The van der Waals surface area contributed by atoms with Crippen LogP contribution in [-0.2, 0) is 14.8 Å². The summed E-state index contributed by atoms with van der Waals surface area (Å²) in [4.78, 5) is 12.5. The lowest BCUT2D eigenvalue weighted by atomic mass is 9.41. The Hall–Kier alpha value is -1.84. The molecule has 0 saturated heterocycles. The van der Waals surface area contributed by atoms with Gasteiger partial charge in [0.2, 0.25) is 0 Å². The van der Waals surface area contributed by atoms with Gasteiger partial charge in [-0.25, -0.2) is 17.9 Å². The molecular weight excluding hydrogens is 566 g/mol. The van der Waals surface area contributed by atoms with Crippen LogP contribution >= 0.6 is 0 Å². The molecule has 1 aromatic carbocycles. The summed E-state index contributed by atoms with van der Waals surface area (Å²) >= 11 is 0. The van der Waals surface area contributed by atoms with Gasteiger partial charge in [-0.1, -0.05) is 33.3 Å². The van der Waals surface area contributed by atoms with Crippen LogP contribution in [-0.4, -0.2) is 49.1 Å². The van der Waals surface area contributed by atoms with Gasteiger partial charge in [0.05, 0.1) is 23.7 Å². The topological polar surface area (TPSA) is 122 Å². The molecule has 0 unspecified atom stereocenters. The van der Waals surface area contributed by atoms with Crippen molar-refractivity contribution in [3.63, 3.8) is 0 Å². The van der Waals surface area contributed by atoms with Gasteiger partial charge >= 0.3 is 6.09 Å². The van der Waals surface area contributed by atoms with Crippen molar-refractivity contribution in [2.45, 2.75) is 122 Å². The number of carbonyl (C=O) groups excluding carboxylic acids is 1. The number of sulfonamides is 1. The minimum Gasteiger partial charge on any atom is -0.488 e. The Morgan fingerprint density at radius 2 is 1.72 bits per heavy atom. The van der Waals surface area contributed by atoms with Crippen LogP contribution in [0.4, 0.5) is 4.79 Å². The van der Waals surface area contributed by atoms with E-state index in [0.717, 1.165) is 51.4 Å². The Bertz CT molecular complexity index is 1280. The first-order valence-electron chi connectivity index (χ1n) is 16.4. The lowest BCUT2D eigenvalue weighted by Crippen LogP contribution is -2.62. The second-order valence-electron chi connectivity index (χ2n) is 15.4. The van der Waals surface area contributed by atoms with Crippen molar-refractivity contribution in [2.75, 3.05) is 6.61 Å². The maximum absolute atomic E-state index is 12.9. The van der Waals surface area contributed by atoms with E-state index in [-0.39, 0.29) is 46.4 Å². The van der Waals surface area contributed by atoms with E-state index in [2.05, 4.69) is 20.8 Å². The van der Waals surface area contributed by atoms with Crippen LogP contribution in [0.3, 0.4) is 0 Å². The Balaban J connectivity index is 1.20. The van der Waals surface area contributed by atoms with E-state index in [1.807, 2.05) is 25.5 Å². The molecule has 0 heterocycles. The number of benzene rings is 1. The summed E-state index contributed by atoms with van der Waals surface area (Å²) in [6, 6.07) is 6.08. The minimum absolute atomic E-state index is 0.0528. The molecular formula is C34H53NO7S. The number of nitrogens with one attached hydrogen (secondary N) is 1. The fourth-order valence-corrected chi connectivity index (χ4v) is 11.0. The molecule has 4 saturated carbocycles. The molecule has 43 heavy (non-hydrogen) atoms. The number of amides is 1. The standard InChI is InChI=1S/C34H53NO7S/c1-7-25-28-19-22(36)13-16-34(28,6)27-14-17-33(5)21(11-12-26(33)29(27)30(25)37)15-18-41-31(38)35-43(39,40)24-10-8-9-23(20-24)42-32(2,3)4/h8-10,20-22,25-30,36-37H,7,11-19H2,1-6H3,(H,35,38)/t21-,22-,25-,26+,27+,28+,29+,30-,33-,34-/m1/s1. The predicted octanol–water partition coefficient (Wildman–Crippen LogP) is 6.30. The lowest BCUT2D eigenvalue weighted by molar-refractivity contribution is -0.202. The number of hydrogen-bond donors (Lipinski definition) is 3. The van der Waals surface area contributed by atoms with Crippen LogP contribution in [0.2, 0.25) is 0 Å². The summed E-state index contributed by atoms with van der Waals surface area (Å²) in [6.45, 7) is 12.8. The number of aliphatic hydroxyl groups is 2. The number of hydrogen-bond acceptors (Lipinski definition) is 7. The van der Waals surface area contributed by atoms with Gasteiger partial charge in [-0.15, -0.1) is 0 Å². The smallest absolute Gasteiger partial charge is 0.421 e. The van der Waals surface area contributed by atoms with Gasteiger partial charge in [-0.05, 0) is 131 Å². The zero-order valence-electron chi connectivity index (χ0n) is 26.8. The Morgan fingerprint density at radius 3 is 2.42 bits per heavy atom. The molecule has 9 heteroatoms. The quantitative estimate of drug-likeness (QED) is 0.328. The zero-order valence-corrected chi connectivity index (χ0v) is 27.7. The van der Waals surface area contributed by atoms with Gasteiger partial charge in [0.15, 0.2) is 0 Å². The highest BCUT2D eigenvalue weighted by molar-refractivity contribution is 7.90. The minimum atomic E-state index is -4.11. The second kappa shape index (κ2) is 11.8. The summed E-state index contributed by atoms with van der Waals surface area (Å²) in [7, 11) is -4.11. The molecule has 4 fully saturated rings. The zero-order chi connectivity index (χ0) is 31.4. The largest absolute Gasteiger partial charge is 0.488 e. The molecule has 242 valence electrons. The van der Waals surface area contributed by atoms with Crippen LogP contribution in [0.1, 0.15) is 99.3 Å². The molecule has 0 spiro atoms. The average molecular weight is 620 g/mol. The average Bonchev–Trinajstić information content (AvgIpc) is 3.25. The number of ether oxygens (including phenoxy) is 2. The van der Waals surface area contributed by atoms with E-state index >= 15 is 0 Å². The van der Waals surface area contributed by atoms with E-state index in [9.17, 15) is 23.4 Å². The van der Waals surface area contributed by atoms with E-state index < -0.39 is 21.7 Å². The highest BCUT2D eigenvalue weighted by Crippen LogP contribution is 2.69. The van der Waals surface area contributed by atoms with Crippen LogP contribution in [0.15, 0.2) is 29.2 Å². The molecule has 4 aliphatic rings. The van der Waals surface area contributed by atoms with Crippen molar-refractivity contribution in [1.82, 2.24) is 4.72 Å². The highest BCUT2D eigenvalue weighted by atomic mass is 32.2. The highest BCUT2D eigenvalue weighted by Gasteiger charge is 2.64. The van der Waals surface area contributed by atoms with E-state index in [1.165, 1.54) is 12.1 Å². The molecule has 4 aliphatic carbocycles. The molecule has 3 N–H and O–H groups in total. The van der Waals surface area contributed by atoms with Crippen molar-refractivity contribution in [2.24, 2.45) is 46.3 Å². The van der Waals surface area contributed by atoms with Crippen molar-refractivity contribution in [1.29, 1.82) is 0 Å². The van der Waals surface area contributed by atoms with Crippen LogP contribution in [0, 0.1) is 46.3 Å². The Kier molecular flexibility index (Phi) is 8.95. The van der Waals surface area contributed by atoms with Gasteiger partial charge in [0.1, 0.15) is 11.4 Å². The van der Waals surface area contributed by atoms with Crippen molar-refractivity contribution < 1.29 is 32.9 Å². The fourth-order valence-electron chi connectivity index (χ4n) is 10.1. The number of rotatable bonds is 7. The first-order chi connectivity index (χ1) is 20.1. The van der Waals surface area contributed by atoms with E-state index in [4.69, 9.17) is 9.47 Å². The molecule has 1 amide bonds. The Morgan fingerprint density at radius 1 is 1.02 bits per heavy atom. The molecule has 0 aliphatic heterocycles. The first kappa shape index (κ1) is 32.6. The molecule has 10 atom stereocenters. The molecule has 1 aromatic rings. The fraction of sp³-hybridized carbons (Fsp3) is 0.794. The molecule has 8 nitrogen and oxygen atoms in total. The maximum Gasteiger partial charge on any atom is 0.421 e. The van der Waals surface area contributed by atoms with Gasteiger partial charge < -0.3 is 19.7 Å². The van der Waals surface area contributed by atoms with Crippen LogP contribution in [0.25, 0.3) is 0 Å². The SMILES string of the molecule is CC[C@H]1[C@@H](O)[C@@H]2[C@H](CC[C@]3(C)[C@@H](CCOC(=O)NS(=O)(=O)c4cccc(OC(C)(C)C)c4)CC[C@@H]23)[C@@]2(C)CC[C@@H](O)C[C@@H]12. The van der Waals surface area contributed by atoms with Gasteiger partial charge in [0, 0.05) is 6.07 Å². The lowest BCUT2D eigenvalue weighted by Gasteiger charge is -2.64. The van der Waals surface area contributed by atoms with Gasteiger partial charge in [-0.2, -0.15) is 0 Å². The van der Waals surface area contributed by atoms with Crippen molar-refractivity contribution in [3.05, 3.63) is 24.3 Å². The number of aliphatic hydroxyl groups excluding tert-OH is 2. The van der Waals surface area contributed by atoms with Crippen LogP contribution in [0.5, 0.6) is 5.75 Å². The van der Waals surface area contributed by atoms with E-state index in [0.29, 0.717) is 35.8 Å². The first-order valence-corrected chi connectivity index (χ1v) is 17.9. The molecule has 0 radical (unpaired) electrons. The van der Waals surface area contributed by atoms with E-state index in [1.54, 1.807) is 12.1 Å².